The molecule has 0 saturated heterocycles. The Hall–Kier alpha value is -1.96. The summed E-state index contributed by atoms with van der Waals surface area (Å²) in [7, 11) is 0. The van der Waals surface area contributed by atoms with Gasteiger partial charge in [-0.05, 0) is 42.7 Å². The van der Waals surface area contributed by atoms with Crippen LogP contribution in [0.25, 0.3) is 0 Å². The van der Waals surface area contributed by atoms with Gasteiger partial charge >= 0.3 is 0 Å². The Kier molecular flexibility index (Phi) is 5.05. The number of anilines is 1. The molecule has 0 spiro atoms. The van der Waals surface area contributed by atoms with Crippen molar-refractivity contribution >= 4 is 5.69 Å². The maximum Gasteiger partial charge on any atom is 0.119 e. The average molecular weight is 269 g/mol. The summed E-state index contributed by atoms with van der Waals surface area (Å²) in [6, 6.07) is 16.7. The minimum absolute atomic E-state index is 0.554. The second-order valence-electron chi connectivity index (χ2n) is 5.57. The average Bonchev–Trinajstić information content (AvgIpc) is 2.45. The third-order valence-corrected chi connectivity index (χ3v) is 3.05. The fourth-order valence-electron chi connectivity index (χ4n) is 1.84. The van der Waals surface area contributed by atoms with Gasteiger partial charge in [0.15, 0.2) is 0 Å². The van der Waals surface area contributed by atoms with E-state index < -0.39 is 0 Å². The number of nitrogens with one attached hydrogen (secondary N) is 1. The number of aryl methyl sites for hydroxylation is 1. The summed E-state index contributed by atoms with van der Waals surface area (Å²) >= 11 is 0. The highest BCUT2D eigenvalue weighted by atomic mass is 16.5. The first-order valence-electron chi connectivity index (χ1n) is 7.16. The molecule has 2 rings (SSSR count). The highest BCUT2D eigenvalue weighted by molar-refractivity contribution is 5.45. The fraction of sp³-hybridized carbons (Fsp3) is 0.333. The number of benzene rings is 2. The van der Waals surface area contributed by atoms with Gasteiger partial charge in [-0.2, -0.15) is 0 Å². The van der Waals surface area contributed by atoms with E-state index in [9.17, 15) is 0 Å². The van der Waals surface area contributed by atoms with Crippen LogP contribution in [0.2, 0.25) is 0 Å². The van der Waals surface area contributed by atoms with Gasteiger partial charge in [0.25, 0.3) is 0 Å². The van der Waals surface area contributed by atoms with Crippen LogP contribution in [0.5, 0.6) is 5.75 Å². The van der Waals surface area contributed by atoms with Crippen LogP contribution in [0.3, 0.4) is 0 Å². The zero-order valence-corrected chi connectivity index (χ0v) is 12.5. The summed E-state index contributed by atoms with van der Waals surface area (Å²) in [4.78, 5) is 0. The smallest absolute Gasteiger partial charge is 0.119 e. The SMILES string of the molecule is Cc1ccc(NCc2ccc(OCC(C)C)cc2)cc1. The molecule has 0 bridgehead atoms. The van der Waals surface area contributed by atoms with E-state index in [-0.39, 0.29) is 0 Å². The predicted octanol–water partition coefficient (Wildman–Crippen LogP) is 4.64. The quantitative estimate of drug-likeness (QED) is 0.824. The minimum atomic E-state index is 0.554. The van der Waals surface area contributed by atoms with E-state index in [1.165, 1.54) is 11.1 Å². The summed E-state index contributed by atoms with van der Waals surface area (Å²) < 4.78 is 5.68. The van der Waals surface area contributed by atoms with E-state index >= 15 is 0 Å². The molecule has 0 aliphatic carbocycles. The summed E-state index contributed by atoms with van der Waals surface area (Å²) in [5.74, 6) is 1.50. The zero-order chi connectivity index (χ0) is 14.4. The topological polar surface area (TPSA) is 21.3 Å². The van der Waals surface area contributed by atoms with Crippen LogP contribution < -0.4 is 10.1 Å². The van der Waals surface area contributed by atoms with Gasteiger partial charge < -0.3 is 10.1 Å². The second-order valence-corrected chi connectivity index (χ2v) is 5.57. The highest BCUT2D eigenvalue weighted by Gasteiger charge is 1.98. The van der Waals surface area contributed by atoms with Gasteiger partial charge in [0.2, 0.25) is 0 Å². The van der Waals surface area contributed by atoms with Gasteiger partial charge in [0.1, 0.15) is 5.75 Å². The molecule has 2 aromatic rings. The molecule has 2 aromatic carbocycles. The van der Waals surface area contributed by atoms with E-state index in [1.807, 2.05) is 12.1 Å². The largest absolute Gasteiger partial charge is 0.493 e. The van der Waals surface area contributed by atoms with E-state index in [2.05, 4.69) is 62.5 Å². The second kappa shape index (κ2) is 6.99. The third kappa shape index (κ3) is 4.61. The van der Waals surface area contributed by atoms with Gasteiger partial charge in [-0.1, -0.05) is 43.7 Å². The van der Waals surface area contributed by atoms with Gasteiger partial charge in [-0.25, -0.2) is 0 Å². The van der Waals surface area contributed by atoms with Crippen molar-refractivity contribution in [3.8, 4) is 5.75 Å². The van der Waals surface area contributed by atoms with Crippen LogP contribution in [0.4, 0.5) is 5.69 Å². The van der Waals surface area contributed by atoms with Crippen molar-refractivity contribution in [2.75, 3.05) is 11.9 Å². The molecule has 2 heteroatoms. The van der Waals surface area contributed by atoms with Gasteiger partial charge in [-0.3, -0.25) is 0 Å². The Bertz CT molecular complexity index is 514. The number of rotatable bonds is 6. The molecule has 0 atom stereocenters. The first-order chi connectivity index (χ1) is 9.63. The normalized spacial score (nSPS) is 10.6. The first kappa shape index (κ1) is 14.4. The first-order valence-corrected chi connectivity index (χ1v) is 7.16. The lowest BCUT2D eigenvalue weighted by molar-refractivity contribution is 0.271. The molecule has 0 radical (unpaired) electrons. The Balaban J connectivity index is 1.85. The third-order valence-electron chi connectivity index (χ3n) is 3.05. The predicted molar refractivity (Wildman–Crippen MR) is 85.3 cm³/mol. The standard InChI is InChI=1S/C18H23NO/c1-14(2)13-20-18-10-6-16(7-11-18)12-19-17-8-4-15(3)5-9-17/h4-11,14,19H,12-13H2,1-3H3. The van der Waals surface area contributed by atoms with Crippen LogP contribution >= 0.6 is 0 Å². The van der Waals surface area contributed by atoms with Crippen LogP contribution in [0.15, 0.2) is 48.5 Å². The lowest BCUT2D eigenvalue weighted by Crippen LogP contribution is -2.04. The maximum atomic E-state index is 5.68. The Morgan fingerprint density at radius 3 is 2.20 bits per heavy atom. The molecule has 0 fully saturated rings. The van der Waals surface area contributed by atoms with E-state index in [1.54, 1.807) is 0 Å². The molecule has 2 nitrogen and oxygen atoms in total. The fourth-order valence-corrected chi connectivity index (χ4v) is 1.84. The maximum absolute atomic E-state index is 5.68. The number of ether oxygens (including phenoxy) is 1. The molecule has 0 aromatic heterocycles. The van der Waals surface area contributed by atoms with Crippen molar-refractivity contribution in [1.29, 1.82) is 0 Å². The van der Waals surface area contributed by atoms with Crippen LogP contribution in [0.1, 0.15) is 25.0 Å². The minimum Gasteiger partial charge on any atom is -0.493 e. The van der Waals surface area contributed by atoms with E-state index in [0.29, 0.717) is 5.92 Å². The zero-order valence-electron chi connectivity index (χ0n) is 12.5. The van der Waals surface area contributed by atoms with Crippen LogP contribution in [-0.2, 0) is 6.54 Å². The molecule has 20 heavy (non-hydrogen) atoms. The van der Waals surface area contributed by atoms with Crippen LogP contribution in [-0.4, -0.2) is 6.61 Å². The Morgan fingerprint density at radius 1 is 0.950 bits per heavy atom. The van der Waals surface area contributed by atoms with Gasteiger partial charge in [0.05, 0.1) is 6.61 Å². The molecule has 1 N–H and O–H groups in total. The molecule has 106 valence electrons. The van der Waals surface area contributed by atoms with Crippen LogP contribution in [0, 0.1) is 12.8 Å². The lowest BCUT2D eigenvalue weighted by Gasteiger charge is -2.10. The molecular weight excluding hydrogens is 246 g/mol. The van der Waals surface area contributed by atoms with Crippen molar-refractivity contribution in [1.82, 2.24) is 0 Å². The summed E-state index contributed by atoms with van der Waals surface area (Å²) in [6.45, 7) is 7.99. The Morgan fingerprint density at radius 2 is 1.60 bits per heavy atom. The highest BCUT2D eigenvalue weighted by Crippen LogP contribution is 2.15. The molecule has 0 unspecified atom stereocenters. The molecular formula is C18H23NO. The molecule has 0 saturated carbocycles. The van der Waals surface area contributed by atoms with E-state index in [4.69, 9.17) is 4.74 Å². The molecule has 0 amide bonds. The van der Waals surface area contributed by atoms with Gasteiger partial charge in [0, 0.05) is 12.2 Å². The van der Waals surface area contributed by atoms with Gasteiger partial charge in [-0.15, -0.1) is 0 Å². The molecule has 0 aliphatic rings. The monoisotopic (exact) mass is 269 g/mol. The van der Waals surface area contributed by atoms with Crippen molar-refractivity contribution in [3.63, 3.8) is 0 Å². The molecule has 0 aliphatic heterocycles. The number of hydrogen-bond donors (Lipinski definition) is 1. The number of hydrogen-bond acceptors (Lipinski definition) is 2. The lowest BCUT2D eigenvalue weighted by atomic mass is 10.2. The van der Waals surface area contributed by atoms with Crippen molar-refractivity contribution in [3.05, 3.63) is 59.7 Å². The van der Waals surface area contributed by atoms with Crippen molar-refractivity contribution < 1.29 is 4.74 Å². The summed E-state index contributed by atoms with van der Waals surface area (Å²) in [5.41, 5.74) is 3.68. The van der Waals surface area contributed by atoms with Crippen molar-refractivity contribution in [2.45, 2.75) is 27.3 Å². The summed E-state index contributed by atoms with van der Waals surface area (Å²) in [5, 5.41) is 3.42. The van der Waals surface area contributed by atoms with E-state index in [0.717, 1.165) is 24.6 Å². The van der Waals surface area contributed by atoms with Crippen molar-refractivity contribution in [2.24, 2.45) is 5.92 Å². The Labute approximate surface area is 121 Å². The molecule has 0 heterocycles. The summed E-state index contributed by atoms with van der Waals surface area (Å²) in [6.07, 6.45) is 0.